The molecule has 0 aliphatic heterocycles. The Bertz CT molecular complexity index is 318. The molecule has 0 saturated heterocycles. The number of benzene rings is 1. The summed E-state index contributed by atoms with van der Waals surface area (Å²) < 4.78 is 5.48. The van der Waals surface area contributed by atoms with Gasteiger partial charge in [0.2, 0.25) is 0 Å². The fourth-order valence-electron chi connectivity index (χ4n) is 1.36. The summed E-state index contributed by atoms with van der Waals surface area (Å²) in [7, 11) is 4.08. The van der Waals surface area contributed by atoms with Crippen LogP contribution < -0.4 is 5.32 Å². The van der Waals surface area contributed by atoms with Crippen molar-refractivity contribution in [1.29, 1.82) is 0 Å². The van der Waals surface area contributed by atoms with Gasteiger partial charge in [0, 0.05) is 24.7 Å². The van der Waals surface area contributed by atoms with Crippen molar-refractivity contribution in [1.82, 2.24) is 10.2 Å². The van der Waals surface area contributed by atoms with Crippen LogP contribution >= 0.6 is 11.6 Å². The van der Waals surface area contributed by atoms with Gasteiger partial charge in [0.15, 0.2) is 0 Å². The number of halogens is 1. The van der Waals surface area contributed by atoms with Gasteiger partial charge in [-0.1, -0.05) is 29.8 Å². The van der Waals surface area contributed by atoms with E-state index in [1.807, 2.05) is 38.4 Å². The van der Waals surface area contributed by atoms with E-state index in [0.29, 0.717) is 0 Å². The third kappa shape index (κ3) is 6.64. The average Bonchev–Trinajstić information content (AvgIpc) is 2.30. The summed E-state index contributed by atoms with van der Waals surface area (Å²) >= 11 is 6.04. The summed E-state index contributed by atoms with van der Waals surface area (Å²) in [5, 5.41) is 4.12. The highest BCUT2D eigenvalue weighted by molar-refractivity contribution is 6.31. The van der Waals surface area contributed by atoms with Gasteiger partial charge < -0.3 is 15.0 Å². The molecule has 0 radical (unpaired) electrons. The molecule has 17 heavy (non-hydrogen) atoms. The Morgan fingerprint density at radius 2 is 2.00 bits per heavy atom. The molecule has 0 unspecified atom stereocenters. The summed E-state index contributed by atoms with van der Waals surface area (Å²) in [5.41, 5.74) is 1.13. The summed E-state index contributed by atoms with van der Waals surface area (Å²) in [6.07, 6.45) is 0. The van der Waals surface area contributed by atoms with E-state index in [9.17, 15) is 0 Å². The Kier molecular flexibility index (Phi) is 7.21. The molecule has 0 fully saturated rings. The largest absolute Gasteiger partial charge is 0.379 e. The second kappa shape index (κ2) is 8.48. The number of hydrogen-bond donors (Lipinski definition) is 1. The topological polar surface area (TPSA) is 24.5 Å². The first kappa shape index (κ1) is 14.5. The zero-order valence-electron chi connectivity index (χ0n) is 10.6. The first-order valence-electron chi connectivity index (χ1n) is 5.86. The van der Waals surface area contributed by atoms with Crippen LogP contribution in [0.5, 0.6) is 0 Å². The van der Waals surface area contributed by atoms with Crippen LogP contribution in [0.2, 0.25) is 5.02 Å². The molecular weight excluding hydrogens is 236 g/mol. The van der Waals surface area contributed by atoms with Gasteiger partial charge in [-0.15, -0.1) is 0 Å². The third-order valence-electron chi connectivity index (χ3n) is 2.38. The lowest BCUT2D eigenvalue weighted by atomic mass is 10.2. The molecule has 0 aromatic heterocycles. The van der Waals surface area contributed by atoms with Crippen molar-refractivity contribution in [2.24, 2.45) is 0 Å². The summed E-state index contributed by atoms with van der Waals surface area (Å²) in [4.78, 5) is 2.11. The maximum absolute atomic E-state index is 6.04. The van der Waals surface area contributed by atoms with Gasteiger partial charge in [0.25, 0.3) is 0 Å². The van der Waals surface area contributed by atoms with E-state index in [0.717, 1.165) is 43.4 Å². The molecule has 0 atom stereocenters. The molecule has 0 aliphatic rings. The van der Waals surface area contributed by atoms with Crippen molar-refractivity contribution in [2.75, 3.05) is 40.4 Å². The lowest BCUT2D eigenvalue weighted by Gasteiger charge is -2.10. The van der Waals surface area contributed by atoms with Gasteiger partial charge in [-0.05, 0) is 25.7 Å². The minimum Gasteiger partial charge on any atom is -0.379 e. The first-order chi connectivity index (χ1) is 8.20. The summed E-state index contributed by atoms with van der Waals surface area (Å²) in [6, 6.07) is 7.88. The molecule has 4 heteroatoms. The molecule has 1 aromatic rings. The van der Waals surface area contributed by atoms with Crippen LogP contribution in [0.25, 0.3) is 0 Å². The number of nitrogens with zero attached hydrogens (tertiary/aromatic N) is 1. The van der Waals surface area contributed by atoms with Crippen LogP contribution in [0.1, 0.15) is 5.56 Å². The summed E-state index contributed by atoms with van der Waals surface area (Å²) in [5.74, 6) is 0. The minimum atomic E-state index is 0.734. The molecule has 0 amide bonds. The third-order valence-corrected chi connectivity index (χ3v) is 2.75. The fourth-order valence-corrected chi connectivity index (χ4v) is 1.56. The maximum Gasteiger partial charge on any atom is 0.0593 e. The second-order valence-electron chi connectivity index (χ2n) is 4.18. The van der Waals surface area contributed by atoms with Gasteiger partial charge in [0.05, 0.1) is 13.2 Å². The van der Waals surface area contributed by atoms with E-state index < -0.39 is 0 Å². The fraction of sp³-hybridized carbons (Fsp3) is 0.538. The molecule has 1 rings (SSSR count). The van der Waals surface area contributed by atoms with Crippen molar-refractivity contribution in [3.05, 3.63) is 34.9 Å². The lowest BCUT2D eigenvalue weighted by Crippen LogP contribution is -2.23. The Balaban J connectivity index is 2.03. The molecule has 96 valence electrons. The van der Waals surface area contributed by atoms with Crippen molar-refractivity contribution < 1.29 is 4.74 Å². The smallest absolute Gasteiger partial charge is 0.0593 e. The minimum absolute atomic E-state index is 0.734. The van der Waals surface area contributed by atoms with Crippen LogP contribution in [0, 0.1) is 0 Å². The van der Waals surface area contributed by atoms with Crippen LogP contribution in [0.15, 0.2) is 24.3 Å². The van der Waals surface area contributed by atoms with Crippen LogP contribution in [0.4, 0.5) is 0 Å². The number of likely N-dealkylation sites (N-methyl/N-ethyl adjacent to an activating group) is 1. The molecule has 0 saturated carbocycles. The van der Waals surface area contributed by atoms with Crippen molar-refractivity contribution in [3.63, 3.8) is 0 Å². The van der Waals surface area contributed by atoms with Crippen molar-refractivity contribution >= 4 is 11.6 Å². The SMILES string of the molecule is CN(C)CCOCCNCc1ccccc1Cl. The monoisotopic (exact) mass is 256 g/mol. The molecular formula is C13H21ClN2O. The van der Waals surface area contributed by atoms with Crippen LogP contribution in [0.3, 0.4) is 0 Å². The van der Waals surface area contributed by atoms with Gasteiger partial charge >= 0.3 is 0 Å². The normalized spacial score (nSPS) is 11.1. The molecule has 0 bridgehead atoms. The number of ether oxygens (including phenoxy) is 1. The quantitative estimate of drug-likeness (QED) is 0.720. The Morgan fingerprint density at radius 3 is 2.71 bits per heavy atom. The molecule has 1 aromatic carbocycles. The van der Waals surface area contributed by atoms with E-state index in [1.54, 1.807) is 0 Å². The zero-order valence-corrected chi connectivity index (χ0v) is 11.3. The van der Waals surface area contributed by atoms with E-state index >= 15 is 0 Å². The number of hydrogen-bond acceptors (Lipinski definition) is 3. The first-order valence-corrected chi connectivity index (χ1v) is 6.24. The van der Waals surface area contributed by atoms with E-state index in [-0.39, 0.29) is 0 Å². The van der Waals surface area contributed by atoms with E-state index in [1.165, 1.54) is 0 Å². The Morgan fingerprint density at radius 1 is 1.24 bits per heavy atom. The van der Waals surface area contributed by atoms with Crippen molar-refractivity contribution in [3.8, 4) is 0 Å². The van der Waals surface area contributed by atoms with Crippen LogP contribution in [-0.2, 0) is 11.3 Å². The predicted molar refractivity (Wildman–Crippen MR) is 72.5 cm³/mol. The predicted octanol–water partition coefficient (Wildman–Crippen LogP) is 2.01. The molecule has 0 aliphatic carbocycles. The van der Waals surface area contributed by atoms with Crippen LogP contribution in [-0.4, -0.2) is 45.3 Å². The van der Waals surface area contributed by atoms with Gasteiger partial charge in [-0.2, -0.15) is 0 Å². The Hall–Kier alpha value is -0.610. The number of nitrogens with one attached hydrogen (secondary N) is 1. The van der Waals surface area contributed by atoms with Crippen molar-refractivity contribution in [2.45, 2.75) is 6.54 Å². The lowest BCUT2D eigenvalue weighted by molar-refractivity contribution is 0.119. The Labute approximate surface area is 109 Å². The highest BCUT2D eigenvalue weighted by Crippen LogP contribution is 2.13. The molecule has 0 spiro atoms. The molecule has 0 heterocycles. The second-order valence-corrected chi connectivity index (χ2v) is 4.59. The average molecular weight is 257 g/mol. The standard InChI is InChI=1S/C13H21ClN2O/c1-16(2)8-10-17-9-7-15-11-12-5-3-4-6-13(12)14/h3-6,15H,7-11H2,1-2H3. The highest BCUT2D eigenvalue weighted by Gasteiger charge is 1.97. The van der Waals surface area contributed by atoms with Gasteiger partial charge in [-0.3, -0.25) is 0 Å². The maximum atomic E-state index is 6.04. The zero-order chi connectivity index (χ0) is 12.5. The number of rotatable bonds is 8. The molecule has 1 N–H and O–H groups in total. The van der Waals surface area contributed by atoms with Gasteiger partial charge in [0.1, 0.15) is 0 Å². The van der Waals surface area contributed by atoms with E-state index in [2.05, 4.69) is 10.2 Å². The molecule has 3 nitrogen and oxygen atoms in total. The highest BCUT2D eigenvalue weighted by atomic mass is 35.5. The summed E-state index contributed by atoms with van der Waals surface area (Å²) in [6.45, 7) is 4.11. The van der Waals surface area contributed by atoms with E-state index in [4.69, 9.17) is 16.3 Å². The van der Waals surface area contributed by atoms with Gasteiger partial charge in [-0.25, -0.2) is 0 Å².